The zero-order chi connectivity index (χ0) is 14.5. The number of carbonyl (C=O) groups excluding carboxylic acids is 1. The molecule has 21 heavy (non-hydrogen) atoms. The molecule has 2 unspecified atom stereocenters. The summed E-state index contributed by atoms with van der Waals surface area (Å²) in [5.41, 5.74) is 0. The minimum absolute atomic E-state index is 0.207. The number of nitrogens with zero attached hydrogens (tertiary/aromatic N) is 1. The number of hydrogen-bond acceptors (Lipinski definition) is 4. The zero-order valence-corrected chi connectivity index (χ0v) is 12.9. The van der Waals surface area contributed by atoms with Crippen LogP contribution >= 0.6 is 0 Å². The summed E-state index contributed by atoms with van der Waals surface area (Å²) >= 11 is 0. The van der Waals surface area contributed by atoms with Gasteiger partial charge in [-0.15, -0.1) is 0 Å². The first-order valence-electron chi connectivity index (χ1n) is 8.55. The van der Waals surface area contributed by atoms with Crippen LogP contribution < -0.4 is 5.32 Å². The number of rotatable bonds is 4. The van der Waals surface area contributed by atoms with Crippen LogP contribution in [0.3, 0.4) is 0 Å². The Morgan fingerprint density at radius 1 is 1.19 bits per heavy atom. The number of ether oxygens (including phenoxy) is 2. The van der Waals surface area contributed by atoms with Gasteiger partial charge in [-0.1, -0.05) is 0 Å². The highest BCUT2D eigenvalue weighted by Crippen LogP contribution is 2.20. The van der Waals surface area contributed by atoms with E-state index < -0.39 is 0 Å². The number of carbonyl (C=O) groups is 1. The van der Waals surface area contributed by atoms with Crippen molar-refractivity contribution in [3.63, 3.8) is 0 Å². The summed E-state index contributed by atoms with van der Waals surface area (Å²) in [5, 5.41) is 3.27. The van der Waals surface area contributed by atoms with Gasteiger partial charge < -0.3 is 19.7 Å². The largest absolute Gasteiger partial charge is 0.376 e. The Labute approximate surface area is 127 Å². The normalized spacial score (nSPS) is 31.5. The Balaban J connectivity index is 1.35. The van der Waals surface area contributed by atoms with Gasteiger partial charge in [0.25, 0.3) is 0 Å². The molecule has 0 aliphatic carbocycles. The van der Waals surface area contributed by atoms with Gasteiger partial charge in [-0.05, 0) is 45.1 Å². The third-order valence-electron chi connectivity index (χ3n) is 4.96. The van der Waals surface area contributed by atoms with E-state index in [-0.39, 0.29) is 5.92 Å². The van der Waals surface area contributed by atoms with Crippen LogP contribution in [-0.2, 0) is 14.3 Å². The first kappa shape index (κ1) is 15.3. The predicted molar refractivity (Wildman–Crippen MR) is 80.1 cm³/mol. The summed E-state index contributed by atoms with van der Waals surface area (Å²) in [4.78, 5) is 14.4. The fourth-order valence-corrected chi connectivity index (χ4v) is 3.55. The highest BCUT2D eigenvalue weighted by atomic mass is 16.5. The standard InChI is InChI=1S/C16H28N2O3/c19-16(13-4-7-17-11-13)18-8-5-14(6-9-18)21-12-15-3-1-2-10-20-15/h13-15,17H,1-12H2. The Morgan fingerprint density at radius 2 is 2.05 bits per heavy atom. The molecule has 1 N–H and O–H groups in total. The van der Waals surface area contributed by atoms with Crippen molar-refractivity contribution in [1.82, 2.24) is 10.2 Å². The molecule has 3 rings (SSSR count). The Hall–Kier alpha value is -0.650. The lowest BCUT2D eigenvalue weighted by Crippen LogP contribution is -2.44. The minimum Gasteiger partial charge on any atom is -0.376 e. The molecule has 0 bridgehead atoms. The SMILES string of the molecule is O=C(C1CCNC1)N1CCC(OCC2CCCCO2)CC1. The van der Waals surface area contributed by atoms with Crippen molar-refractivity contribution < 1.29 is 14.3 Å². The molecule has 2 atom stereocenters. The first-order valence-corrected chi connectivity index (χ1v) is 8.55. The topological polar surface area (TPSA) is 50.8 Å². The Kier molecular flexibility index (Phi) is 5.49. The molecular weight excluding hydrogens is 268 g/mol. The number of likely N-dealkylation sites (tertiary alicyclic amines) is 1. The first-order chi connectivity index (χ1) is 10.3. The average molecular weight is 296 g/mol. The molecule has 3 heterocycles. The van der Waals surface area contributed by atoms with Gasteiger partial charge in [-0.3, -0.25) is 4.79 Å². The fraction of sp³-hybridized carbons (Fsp3) is 0.938. The predicted octanol–water partition coefficient (Wildman–Crippen LogP) is 1.17. The highest BCUT2D eigenvalue weighted by molar-refractivity contribution is 5.79. The van der Waals surface area contributed by atoms with E-state index in [1.165, 1.54) is 12.8 Å². The molecule has 120 valence electrons. The Morgan fingerprint density at radius 3 is 2.71 bits per heavy atom. The molecule has 0 aromatic rings. The number of nitrogens with one attached hydrogen (secondary N) is 1. The average Bonchev–Trinajstić information content (AvgIpc) is 3.08. The van der Waals surface area contributed by atoms with E-state index >= 15 is 0 Å². The van der Waals surface area contributed by atoms with Gasteiger partial charge in [0.1, 0.15) is 0 Å². The fourth-order valence-electron chi connectivity index (χ4n) is 3.55. The second kappa shape index (κ2) is 7.56. The molecular formula is C16H28N2O3. The van der Waals surface area contributed by atoms with E-state index in [0.29, 0.717) is 18.1 Å². The van der Waals surface area contributed by atoms with Gasteiger partial charge in [0.2, 0.25) is 5.91 Å². The maximum Gasteiger partial charge on any atom is 0.227 e. The van der Waals surface area contributed by atoms with Crippen LogP contribution in [0.2, 0.25) is 0 Å². The molecule has 3 fully saturated rings. The van der Waals surface area contributed by atoms with Crippen LogP contribution in [0.25, 0.3) is 0 Å². The van der Waals surface area contributed by atoms with Gasteiger partial charge in [0.05, 0.1) is 24.7 Å². The minimum atomic E-state index is 0.207. The van der Waals surface area contributed by atoms with Crippen molar-refractivity contribution in [3.05, 3.63) is 0 Å². The molecule has 5 nitrogen and oxygen atoms in total. The third kappa shape index (κ3) is 4.18. The van der Waals surface area contributed by atoms with Crippen LogP contribution in [0.5, 0.6) is 0 Å². The van der Waals surface area contributed by atoms with Crippen LogP contribution in [-0.4, -0.2) is 62.4 Å². The van der Waals surface area contributed by atoms with E-state index in [2.05, 4.69) is 5.32 Å². The van der Waals surface area contributed by atoms with Crippen molar-refractivity contribution in [2.45, 2.75) is 50.7 Å². The second-order valence-corrected chi connectivity index (χ2v) is 6.54. The summed E-state index contributed by atoms with van der Waals surface area (Å²) in [6.45, 7) is 5.16. The lowest BCUT2D eigenvalue weighted by Gasteiger charge is -2.34. The Bertz CT molecular complexity index is 330. The van der Waals surface area contributed by atoms with Crippen molar-refractivity contribution in [1.29, 1.82) is 0 Å². The van der Waals surface area contributed by atoms with E-state index in [1.54, 1.807) is 0 Å². The summed E-state index contributed by atoms with van der Waals surface area (Å²) in [6.07, 6.45) is 7.12. The second-order valence-electron chi connectivity index (χ2n) is 6.54. The number of piperidine rings is 1. The van der Waals surface area contributed by atoms with Crippen molar-refractivity contribution in [2.75, 3.05) is 39.4 Å². The van der Waals surface area contributed by atoms with Gasteiger partial charge in [-0.2, -0.15) is 0 Å². The third-order valence-corrected chi connectivity index (χ3v) is 4.96. The van der Waals surface area contributed by atoms with Crippen LogP contribution in [0.4, 0.5) is 0 Å². The molecule has 3 saturated heterocycles. The molecule has 0 radical (unpaired) electrons. The molecule has 1 amide bonds. The van der Waals surface area contributed by atoms with Crippen LogP contribution in [0, 0.1) is 5.92 Å². The summed E-state index contributed by atoms with van der Waals surface area (Å²) in [7, 11) is 0. The zero-order valence-electron chi connectivity index (χ0n) is 12.9. The van der Waals surface area contributed by atoms with Crippen molar-refractivity contribution in [2.24, 2.45) is 5.92 Å². The summed E-state index contributed by atoms with van der Waals surface area (Å²) < 4.78 is 11.7. The monoisotopic (exact) mass is 296 g/mol. The molecule has 5 heteroatoms. The lowest BCUT2D eigenvalue weighted by atomic mass is 10.0. The highest BCUT2D eigenvalue weighted by Gasteiger charge is 2.30. The van der Waals surface area contributed by atoms with E-state index in [0.717, 1.165) is 65.1 Å². The van der Waals surface area contributed by atoms with Gasteiger partial charge in [0.15, 0.2) is 0 Å². The van der Waals surface area contributed by atoms with E-state index in [4.69, 9.17) is 9.47 Å². The van der Waals surface area contributed by atoms with Crippen molar-refractivity contribution in [3.8, 4) is 0 Å². The summed E-state index contributed by atoms with van der Waals surface area (Å²) in [5.74, 6) is 0.548. The lowest BCUT2D eigenvalue weighted by molar-refractivity contribution is -0.138. The van der Waals surface area contributed by atoms with Crippen molar-refractivity contribution >= 4 is 5.91 Å². The molecule has 3 aliphatic heterocycles. The quantitative estimate of drug-likeness (QED) is 0.846. The number of hydrogen-bond donors (Lipinski definition) is 1. The van der Waals surface area contributed by atoms with Gasteiger partial charge in [-0.25, -0.2) is 0 Å². The molecule has 0 aromatic carbocycles. The smallest absolute Gasteiger partial charge is 0.227 e. The van der Waals surface area contributed by atoms with Crippen LogP contribution in [0.1, 0.15) is 38.5 Å². The van der Waals surface area contributed by atoms with E-state index in [1.807, 2.05) is 4.90 Å². The van der Waals surface area contributed by atoms with Gasteiger partial charge in [0, 0.05) is 26.2 Å². The maximum atomic E-state index is 12.3. The maximum absolute atomic E-state index is 12.3. The molecule has 0 spiro atoms. The molecule has 3 aliphatic rings. The molecule has 0 aromatic heterocycles. The molecule has 0 saturated carbocycles. The summed E-state index contributed by atoms with van der Waals surface area (Å²) in [6, 6.07) is 0. The van der Waals surface area contributed by atoms with E-state index in [9.17, 15) is 4.79 Å². The van der Waals surface area contributed by atoms with Crippen LogP contribution in [0.15, 0.2) is 0 Å². The number of amides is 1. The van der Waals surface area contributed by atoms with Gasteiger partial charge >= 0.3 is 0 Å².